The van der Waals surface area contributed by atoms with E-state index in [0.717, 1.165) is 5.06 Å². The molecule has 6 heteroatoms. The first-order valence-electron chi connectivity index (χ1n) is 4.27. The number of nitrogens with two attached hydrogens (primary N) is 1. The maximum atomic E-state index is 11.3. The molecule has 0 aliphatic carbocycles. The molecule has 0 aromatic heterocycles. The predicted molar refractivity (Wildman–Crippen MR) is 54.1 cm³/mol. The first kappa shape index (κ1) is 13.5. The molecule has 0 bridgehead atoms. The fourth-order valence-corrected chi connectivity index (χ4v) is 0.944. The van der Waals surface area contributed by atoms with Gasteiger partial charge in [-0.2, -0.15) is 5.06 Å². The van der Waals surface area contributed by atoms with Crippen molar-refractivity contribution in [1.29, 1.82) is 0 Å². The molecular weight excluding hydrogens is 208 g/mol. The Morgan fingerprint density at radius 1 is 1.57 bits per heavy atom. The smallest absolute Gasteiger partial charge is 0.434 e. The van der Waals surface area contributed by atoms with Gasteiger partial charge in [0.05, 0.1) is 19.2 Å². The van der Waals surface area contributed by atoms with Gasteiger partial charge in [-0.05, 0) is 20.8 Å². The molecule has 0 saturated carbocycles. The monoisotopic (exact) mass is 224 g/mol. The van der Waals surface area contributed by atoms with E-state index in [1.807, 2.05) is 0 Å². The molecule has 1 amide bonds. The van der Waals surface area contributed by atoms with Crippen molar-refractivity contribution in [3.8, 4) is 0 Å². The first-order valence-corrected chi connectivity index (χ1v) is 4.27. The van der Waals surface area contributed by atoms with Crippen molar-refractivity contribution in [3.05, 3.63) is 0 Å². The molecule has 1 heterocycles. The Kier molecular flexibility index (Phi) is 4.64. The van der Waals surface area contributed by atoms with Gasteiger partial charge in [0.1, 0.15) is 5.60 Å². The number of halogens is 1. The summed E-state index contributed by atoms with van der Waals surface area (Å²) in [5.41, 5.74) is 5.06. The molecule has 84 valence electrons. The lowest BCUT2D eigenvalue weighted by molar-refractivity contribution is -0.107. The number of amides is 1. The summed E-state index contributed by atoms with van der Waals surface area (Å²) in [6.45, 7) is 6.19. The third kappa shape index (κ3) is 4.13. The van der Waals surface area contributed by atoms with E-state index in [4.69, 9.17) is 15.3 Å². The third-order valence-electron chi connectivity index (χ3n) is 1.44. The minimum Gasteiger partial charge on any atom is -0.442 e. The fourth-order valence-electron chi connectivity index (χ4n) is 0.944. The Morgan fingerprint density at radius 2 is 2.14 bits per heavy atom. The van der Waals surface area contributed by atoms with Crippen molar-refractivity contribution in [2.75, 3.05) is 13.2 Å². The van der Waals surface area contributed by atoms with Gasteiger partial charge >= 0.3 is 6.09 Å². The highest BCUT2D eigenvalue weighted by atomic mass is 35.5. The summed E-state index contributed by atoms with van der Waals surface area (Å²) < 4.78 is 5.08. The molecule has 0 radical (unpaired) electrons. The van der Waals surface area contributed by atoms with E-state index in [-0.39, 0.29) is 18.4 Å². The average molecular weight is 225 g/mol. The summed E-state index contributed by atoms with van der Waals surface area (Å²) in [5, 5.41) is 1.16. The molecule has 14 heavy (non-hydrogen) atoms. The van der Waals surface area contributed by atoms with Crippen LogP contribution in [0.3, 0.4) is 0 Å². The maximum absolute atomic E-state index is 11.3. The number of carbonyl (C=O) groups is 1. The summed E-state index contributed by atoms with van der Waals surface area (Å²) in [6.07, 6.45) is -0.472. The van der Waals surface area contributed by atoms with E-state index in [2.05, 4.69) is 0 Å². The van der Waals surface area contributed by atoms with Crippen molar-refractivity contribution in [2.24, 2.45) is 5.73 Å². The van der Waals surface area contributed by atoms with Crippen molar-refractivity contribution in [3.63, 3.8) is 0 Å². The number of hydroxylamine groups is 2. The zero-order chi connectivity index (χ0) is 10.1. The fraction of sp³-hybridized carbons (Fsp3) is 0.875. The molecule has 1 aliphatic heterocycles. The number of nitrogens with zero attached hydrogens (tertiary/aromatic N) is 1. The summed E-state index contributed by atoms with van der Waals surface area (Å²) in [4.78, 5) is 16.3. The van der Waals surface area contributed by atoms with Crippen LogP contribution in [0.4, 0.5) is 4.79 Å². The van der Waals surface area contributed by atoms with Crippen LogP contribution in [0.1, 0.15) is 20.8 Å². The predicted octanol–water partition coefficient (Wildman–Crippen LogP) is 0.918. The van der Waals surface area contributed by atoms with E-state index in [9.17, 15) is 4.79 Å². The number of ether oxygens (including phenoxy) is 1. The van der Waals surface area contributed by atoms with E-state index in [1.54, 1.807) is 20.8 Å². The second-order valence-electron chi connectivity index (χ2n) is 4.10. The van der Waals surface area contributed by atoms with Gasteiger partial charge in [-0.25, -0.2) is 4.79 Å². The molecule has 2 N–H and O–H groups in total. The molecular formula is C8H17ClN2O3. The van der Waals surface area contributed by atoms with E-state index >= 15 is 0 Å². The number of rotatable bonds is 0. The van der Waals surface area contributed by atoms with Crippen LogP contribution in [-0.2, 0) is 9.57 Å². The number of hydrogen-bond acceptors (Lipinski definition) is 4. The average Bonchev–Trinajstić information content (AvgIpc) is 2.31. The molecule has 1 fully saturated rings. The van der Waals surface area contributed by atoms with Crippen LogP contribution in [0.5, 0.6) is 0 Å². The summed E-state index contributed by atoms with van der Waals surface area (Å²) in [7, 11) is 0. The SMILES string of the molecule is CC(C)(C)OC(=O)N1CC(N)CO1.Cl. The Bertz CT molecular complexity index is 205. The number of hydrogen-bond donors (Lipinski definition) is 1. The Balaban J connectivity index is 0.00000169. The zero-order valence-corrected chi connectivity index (χ0v) is 9.47. The van der Waals surface area contributed by atoms with E-state index < -0.39 is 11.7 Å². The second-order valence-corrected chi connectivity index (χ2v) is 4.10. The first-order chi connectivity index (χ1) is 5.88. The zero-order valence-electron chi connectivity index (χ0n) is 8.65. The van der Waals surface area contributed by atoms with Crippen LogP contribution in [0.2, 0.25) is 0 Å². The molecule has 1 aliphatic rings. The van der Waals surface area contributed by atoms with Crippen molar-refractivity contribution >= 4 is 18.5 Å². The maximum Gasteiger partial charge on any atom is 0.434 e. The second kappa shape index (κ2) is 4.82. The lowest BCUT2D eigenvalue weighted by Gasteiger charge is -2.23. The van der Waals surface area contributed by atoms with Crippen LogP contribution < -0.4 is 5.73 Å². The molecule has 1 saturated heterocycles. The van der Waals surface area contributed by atoms with Gasteiger partial charge in [0.15, 0.2) is 0 Å². The van der Waals surface area contributed by atoms with Crippen molar-refractivity contribution in [2.45, 2.75) is 32.4 Å². The number of carbonyl (C=O) groups excluding carboxylic acids is 1. The Labute approximate surface area is 89.9 Å². The van der Waals surface area contributed by atoms with Gasteiger partial charge in [0.2, 0.25) is 0 Å². The summed E-state index contributed by atoms with van der Waals surface area (Å²) in [5.74, 6) is 0. The van der Waals surface area contributed by atoms with Gasteiger partial charge in [-0.3, -0.25) is 4.84 Å². The van der Waals surface area contributed by atoms with Crippen LogP contribution in [0.25, 0.3) is 0 Å². The normalized spacial score (nSPS) is 21.7. The van der Waals surface area contributed by atoms with Crippen molar-refractivity contribution in [1.82, 2.24) is 5.06 Å². The largest absolute Gasteiger partial charge is 0.442 e. The minimum atomic E-state index is -0.493. The van der Waals surface area contributed by atoms with E-state index in [0.29, 0.717) is 13.2 Å². The topological polar surface area (TPSA) is 64.8 Å². The molecule has 1 atom stereocenters. The molecule has 0 aromatic carbocycles. The standard InChI is InChI=1S/C8H16N2O3.ClH/c1-8(2,3)13-7(11)10-4-6(9)5-12-10;/h6H,4-5,9H2,1-3H3;1H. The van der Waals surface area contributed by atoms with Crippen molar-refractivity contribution < 1.29 is 14.4 Å². The van der Waals surface area contributed by atoms with Crippen LogP contribution in [0, 0.1) is 0 Å². The van der Waals surface area contributed by atoms with Gasteiger partial charge in [-0.1, -0.05) is 0 Å². The molecule has 0 spiro atoms. The minimum absolute atomic E-state index is 0. The lowest BCUT2D eigenvalue weighted by Crippen LogP contribution is -2.36. The molecule has 1 rings (SSSR count). The van der Waals surface area contributed by atoms with Crippen LogP contribution in [-0.4, -0.2) is 36.0 Å². The van der Waals surface area contributed by atoms with Gasteiger partial charge in [0, 0.05) is 0 Å². The van der Waals surface area contributed by atoms with E-state index in [1.165, 1.54) is 0 Å². The summed E-state index contributed by atoms with van der Waals surface area (Å²) >= 11 is 0. The highest BCUT2D eigenvalue weighted by molar-refractivity contribution is 5.85. The van der Waals surface area contributed by atoms with Gasteiger partial charge < -0.3 is 10.5 Å². The quantitative estimate of drug-likeness (QED) is 0.665. The van der Waals surface area contributed by atoms with Gasteiger partial charge in [-0.15, -0.1) is 12.4 Å². The summed E-state index contributed by atoms with van der Waals surface area (Å²) in [6, 6.07) is -0.104. The highest BCUT2D eigenvalue weighted by Gasteiger charge is 2.29. The van der Waals surface area contributed by atoms with Crippen LogP contribution >= 0.6 is 12.4 Å². The Morgan fingerprint density at radius 3 is 2.50 bits per heavy atom. The third-order valence-corrected chi connectivity index (χ3v) is 1.44. The molecule has 5 nitrogen and oxygen atoms in total. The van der Waals surface area contributed by atoms with Gasteiger partial charge in [0.25, 0.3) is 0 Å². The molecule has 0 aromatic rings. The van der Waals surface area contributed by atoms with Crippen LogP contribution in [0.15, 0.2) is 0 Å². The molecule has 1 unspecified atom stereocenters. The highest BCUT2D eigenvalue weighted by Crippen LogP contribution is 2.12. The Hall–Kier alpha value is -0.520. The lowest BCUT2D eigenvalue weighted by atomic mass is 10.2.